The zero-order valence-electron chi connectivity index (χ0n) is 17.3. The second-order valence-corrected chi connectivity index (χ2v) is 7.85. The van der Waals surface area contributed by atoms with Crippen molar-refractivity contribution in [2.45, 2.75) is 51.6 Å². The normalized spacial score (nSPS) is 20.5. The molecule has 9 nitrogen and oxygen atoms in total. The van der Waals surface area contributed by atoms with Gasteiger partial charge >= 0.3 is 0 Å². The maximum atomic E-state index is 6.31. The van der Waals surface area contributed by atoms with Gasteiger partial charge in [-0.3, -0.25) is 4.68 Å². The predicted octanol–water partition coefficient (Wildman–Crippen LogP) is 2.61. The van der Waals surface area contributed by atoms with Crippen molar-refractivity contribution in [3.63, 3.8) is 0 Å². The van der Waals surface area contributed by atoms with Gasteiger partial charge in [0.15, 0.2) is 5.65 Å². The van der Waals surface area contributed by atoms with Crippen molar-refractivity contribution in [1.82, 2.24) is 29.7 Å². The van der Waals surface area contributed by atoms with E-state index < -0.39 is 0 Å². The van der Waals surface area contributed by atoms with Crippen LogP contribution in [0.5, 0.6) is 0 Å². The first-order valence-corrected chi connectivity index (χ1v) is 9.97. The lowest BCUT2D eigenvalue weighted by atomic mass is 9.90. The molecular weight excluding hydrogens is 368 g/mol. The van der Waals surface area contributed by atoms with Crippen LogP contribution in [0.3, 0.4) is 0 Å². The Balaban J connectivity index is 1.62. The van der Waals surface area contributed by atoms with Gasteiger partial charge in [-0.05, 0) is 33.6 Å². The maximum Gasteiger partial charge on any atom is 0.165 e. The third-order valence-corrected chi connectivity index (χ3v) is 5.53. The molecule has 0 aliphatic carbocycles. The second kappa shape index (κ2) is 7.82. The van der Waals surface area contributed by atoms with E-state index in [9.17, 15) is 0 Å². The molecule has 29 heavy (non-hydrogen) atoms. The number of piperidine rings is 1. The van der Waals surface area contributed by atoms with Gasteiger partial charge in [0, 0.05) is 47.9 Å². The van der Waals surface area contributed by atoms with E-state index in [-0.39, 0.29) is 12.0 Å². The van der Waals surface area contributed by atoms with Crippen molar-refractivity contribution in [1.29, 1.82) is 0 Å². The Bertz CT molecular complexity index is 1030. The van der Waals surface area contributed by atoms with Crippen molar-refractivity contribution < 1.29 is 4.84 Å². The topological polar surface area (TPSA) is 108 Å². The Morgan fingerprint density at radius 3 is 2.79 bits per heavy atom. The van der Waals surface area contributed by atoms with E-state index in [1.807, 2.05) is 36.3 Å². The van der Waals surface area contributed by atoms with Crippen LogP contribution in [0.1, 0.15) is 51.3 Å². The molecule has 4 heterocycles. The van der Waals surface area contributed by atoms with E-state index in [0.29, 0.717) is 11.9 Å². The summed E-state index contributed by atoms with van der Waals surface area (Å²) in [6.07, 6.45) is 7.67. The molecule has 0 spiro atoms. The zero-order chi connectivity index (χ0) is 20.5. The predicted molar refractivity (Wildman–Crippen MR) is 113 cm³/mol. The number of hydrogen-bond acceptors (Lipinski definition) is 7. The molecule has 3 N–H and O–H groups in total. The SMILES string of the molecule is CO/N=C(\C)C1CCC(c2cc(N)n3ncc(-c4cnn(C(C)C)c4)c3n2)CN1. The van der Waals surface area contributed by atoms with Crippen LogP contribution in [0.2, 0.25) is 0 Å². The first-order valence-electron chi connectivity index (χ1n) is 9.97. The first-order chi connectivity index (χ1) is 14.0. The molecule has 0 saturated carbocycles. The van der Waals surface area contributed by atoms with Gasteiger partial charge in [-0.25, -0.2) is 4.98 Å². The van der Waals surface area contributed by atoms with Gasteiger partial charge in [0.1, 0.15) is 12.9 Å². The van der Waals surface area contributed by atoms with E-state index in [1.165, 1.54) is 0 Å². The van der Waals surface area contributed by atoms with Gasteiger partial charge in [-0.1, -0.05) is 5.16 Å². The quantitative estimate of drug-likeness (QED) is 0.507. The molecule has 9 heteroatoms. The lowest BCUT2D eigenvalue weighted by Crippen LogP contribution is -2.42. The smallest absolute Gasteiger partial charge is 0.165 e. The Hall–Kier alpha value is -2.94. The van der Waals surface area contributed by atoms with E-state index in [2.05, 4.69) is 34.5 Å². The average Bonchev–Trinajstić information content (AvgIpc) is 3.35. The molecule has 4 rings (SSSR count). The molecule has 2 unspecified atom stereocenters. The number of fused-ring (bicyclic) bond motifs is 1. The van der Waals surface area contributed by atoms with E-state index in [0.717, 1.165) is 47.6 Å². The molecule has 1 aliphatic rings. The van der Waals surface area contributed by atoms with Gasteiger partial charge in [0.25, 0.3) is 0 Å². The van der Waals surface area contributed by atoms with Crippen molar-refractivity contribution in [3.05, 3.63) is 30.4 Å². The number of oxime groups is 1. The minimum atomic E-state index is 0.236. The highest BCUT2D eigenvalue weighted by atomic mass is 16.6. The number of nitrogens with zero attached hydrogens (tertiary/aromatic N) is 6. The lowest BCUT2D eigenvalue weighted by molar-refractivity contribution is 0.210. The monoisotopic (exact) mass is 396 g/mol. The van der Waals surface area contributed by atoms with Crippen LogP contribution in [0.25, 0.3) is 16.8 Å². The molecule has 0 amide bonds. The summed E-state index contributed by atoms with van der Waals surface area (Å²) in [5, 5.41) is 16.5. The van der Waals surface area contributed by atoms with Crippen LogP contribution in [-0.4, -0.2) is 49.8 Å². The number of nitrogen functional groups attached to an aromatic ring is 1. The summed E-state index contributed by atoms with van der Waals surface area (Å²) in [6, 6.07) is 2.47. The van der Waals surface area contributed by atoms with Crippen LogP contribution in [-0.2, 0) is 4.84 Å². The molecule has 0 aromatic carbocycles. The molecule has 3 aromatic rings. The van der Waals surface area contributed by atoms with Crippen LogP contribution >= 0.6 is 0 Å². The van der Waals surface area contributed by atoms with E-state index >= 15 is 0 Å². The number of nitrogens with two attached hydrogens (primary N) is 1. The highest BCUT2D eigenvalue weighted by Gasteiger charge is 2.26. The molecule has 3 aromatic heterocycles. The zero-order valence-corrected chi connectivity index (χ0v) is 17.3. The second-order valence-electron chi connectivity index (χ2n) is 7.85. The van der Waals surface area contributed by atoms with Gasteiger partial charge in [0.05, 0.1) is 23.8 Å². The standard InChI is InChI=1S/C20H28N8O/c1-12(2)27-11-15(9-23-27)16-10-24-28-19(21)7-18(25-20(16)28)14-5-6-17(22-8-14)13(3)26-29-4/h7,9-12,14,17,22H,5-6,8,21H2,1-4H3/b26-13+. The maximum absolute atomic E-state index is 6.31. The van der Waals surface area contributed by atoms with Gasteiger partial charge < -0.3 is 15.9 Å². The number of nitrogens with one attached hydrogen (secondary N) is 1. The molecule has 1 fully saturated rings. The summed E-state index contributed by atoms with van der Waals surface area (Å²) in [4.78, 5) is 9.84. The Morgan fingerprint density at radius 2 is 2.14 bits per heavy atom. The third-order valence-electron chi connectivity index (χ3n) is 5.53. The first kappa shape index (κ1) is 19.4. The molecule has 2 atom stereocenters. The summed E-state index contributed by atoms with van der Waals surface area (Å²) >= 11 is 0. The fraction of sp³-hybridized carbons (Fsp3) is 0.500. The number of anilines is 1. The third kappa shape index (κ3) is 3.69. The van der Waals surface area contributed by atoms with Crippen molar-refractivity contribution in [2.24, 2.45) is 5.16 Å². The Morgan fingerprint density at radius 1 is 1.31 bits per heavy atom. The molecule has 154 valence electrons. The fourth-order valence-electron chi connectivity index (χ4n) is 3.85. The van der Waals surface area contributed by atoms with E-state index in [1.54, 1.807) is 11.6 Å². The van der Waals surface area contributed by atoms with Gasteiger partial charge in [-0.2, -0.15) is 14.7 Å². The molecule has 1 aliphatic heterocycles. The van der Waals surface area contributed by atoms with Gasteiger partial charge in [-0.15, -0.1) is 0 Å². The Labute approximate surface area is 169 Å². The summed E-state index contributed by atoms with van der Waals surface area (Å²) < 4.78 is 3.63. The number of hydrogen-bond donors (Lipinski definition) is 2. The summed E-state index contributed by atoms with van der Waals surface area (Å²) in [5.41, 5.74) is 11.0. The van der Waals surface area contributed by atoms with Crippen LogP contribution in [0, 0.1) is 0 Å². The lowest BCUT2D eigenvalue weighted by Gasteiger charge is -2.29. The molecule has 0 radical (unpaired) electrons. The summed E-state index contributed by atoms with van der Waals surface area (Å²) in [6.45, 7) is 7.01. The average molecular weight is 396 g/mol. The highest BCUT2D eigenvalue weighted by Crippen LogP contribution is 2.30. The van der Waals surface area contributed by atoms with Crippen molar-refractivity contribution >= 4 is 17.2 Å². The largest absolute Gasteiger partial charge is 0.399 e. The number of aromatic nitrogens is 5. The summed E-state index contributed by atoms with van der Waals surface area (Å²) in [7, 11) is 1.57. The van der Waals surface area contributed by atoms with Gasteiger partial charge in [0.2, 0.25) is 0 Å². The van der Waals surface area contributed by atoms with Crippen molar-refractivity contribution in [2.75, 3.05) is 19.4 Å². The fourth-order valence-corrected chi connectivity index (χ4v) is 3.85. The van der Waals surface area contributed by atoms with Crippen LogP contribution < -0.4 is 11.1 Å². The highest BCUT2D eigenvalue weighted by molar-refractivity contribution is 5.86. The Kier molecular flexibility index (Phi) is 5.23. The van der Waals surface area contributed by atoms with E-state index in [4.69, 9.17) is 15.6 Å². The minimum absolute atomic E-state index is 0.236. The molecule has 1 saturated heterocycles. The molecular formula is C20H28N8O. The van der Waals surface area contributed by atoms with Crippen molar-refractivity contribution in [3.8, 4) is 11.1 Å². The van der Waals surface area contributed by atoms with Crippen LogP contribution in [0.15, 0.2) is 29.8 Å². The van der Waals surface area contributed by atoms with Crippen LogP contribution in [0.4, 0.5) is 5.82 Å². The number of rotatable bonds is 5. The summed E-state index contributed by atoms with van der Waals surface area (Å²) in [5.74, 6) is 0.877. The molecule has 0 bridgehead atoms. The minimum Gasteiger partial charge on any atom is -0.399 e.